The summed E-state index contributed by atoms with van der Waals surface area (Å²) in [6, 6.07) is 7.24. The Labute approximate surface area is 100 Å². The predicted molar refractivity (Wildman–Crippen MR) is 63.7 cm³/mol. The molecule has 3 heteroatoms. The van der Waals surface area contributed by atoms with Crippen LogP contribution in [0.4, 0.5) is 0 Å². The van der Waals surface area contributed by atoms with E-state index < -0.39 is 11.4 Å². The molecule has 0 saturated carbocycles. The maximum absolute atomic E-state index is 11.6. The highest BCUT2D eigenvalue weighted by Crippen LogP contribution is 2.35. The van der Waals surface area contributed by atoms with Crippen LogP contribution in [0.25, 0.3) is 0 Å². The number of hydrogen-bond donors (Lipinski definition) is 1. The summed E-state index contributed by atoms with van der Waals surface area (Å²) in [7, 11) is 0. The van der Waals surface area contributed by atoms with Crippen molar-refractivity contribution in [2.75, 3.05) is 13.2 Å². The van der Waals surface area contributed by atoms with Crippen LogP contribution in [0.1, 0.15) is 24.0 Å². The van der Waals surface area contributed by atoms with E-state index in [1.807, 2.05) is 12.1 Å². The Balaban J connectivity index is 2.45. The summed E-state index contributed by atoms with van der Waals surface area (Å²) in [5.74, 6) is 1.74. The molecule has 1 N–H and O–H groups in total. The monoisotopic (exact) mass is 230 g/mol. The van der Waals surface area contributed by atoms with Gasteiger partial charge in [0.15, 0.2) is 0 Å². The highest BCUT2D eigenvalue weighted by molar-refractivity contribution is 5.81. The van der Waals surface area contributed by atoms with Gasteiger partial charge in [-0.05, 0) is 30.5 Å². The van der Waals surface area contributed by atoms with E-state index >= 15 is 0 Å². The number of carboxylic acids is 1. The van der Waals surface area contributed by atoms with Gasteiger partial charge in [-0.2, -0.15) is 0 Å². The lowest BCUT2D eigenvalue weighted by molar-refractivity contribution is -0.147. The molecule has 1 saturated heterocycles. The van der Waals surface area contributed by atoms with Gasteiger partial charge in [-0.1, -0.05) is 18.1 Å². The zero-order chi connectivity index (χ0) is 12.3. The van der Waals surface area contributed by atoms with Crippen LogP contribution in [0.2, 0.25) is 0 Å². The Hall–Kier alpha value is -1.79. The highest BCUT2D eigenvalue weighted by atomic mass is 16.5. The van der Waals surface area contributed by atoms with Crippen LogP contribution >= 0.6 is 0 Å². The quantitative estimate of drug-likeness (QED) is 0.788. The number of hydrogen-bond acceptors (Lipinski definition) is 2. The normalized spacial score (nSPS) is 18.3. The van der Waals surface area contributed by atoms with Crippen LogP contribution in [0.5, 0.6) is 0 Å². The van der Waals surface area contributed by atoms with Gasteiger partial charge < -0.3 is 9.84 Å². The molecule has 17 heavy (non-hydrogen) atoms. The van der Waals surface area contributed by atoms with Gasteiger partial charge in [0.25, 0.3) is 0 Å². The van der Waals surface area contributed by atoms with Crippen LogP contribution < -0.4 is 0 Å². The first-order valence-corrected chi connectivity index (χ1v) is 5.57. The van der Waals surface area contributed by atoms with Crippen molar-refractivity contribution in [3.8, 4) is 12.3 Å². The molecule has 3 nitrogen and oxygen atoms in total. The summed E-state index contributed by atoms with van der Waals surface area (Å²) in [4.78, 5) is 11.6. The van der Waals surface area contributed by atoms with Gasteiger partial charge in [0.2, 0.25) is 0 Å². The second-order valence-electron chi connectivity index (χ2n) is 4.22. The van der Waals surface area contributed by atoms with Gasteiger partial charge in [-0.15, -0.1) is 6.42 Å². The number of carboxylic acid groups (broad SMARTS) is 1. The van der Waals surface area contributed by atoms with Crippen molar-refractivity contribution in [3.63, 3.8) is 0 Å². The fourth-order valence-corrected chi connectivity index (χ4v) is 2.25. The van der Waals surface area contributed by atoms with E-state index in [2.05, 4.69) is 5.92 Å². The van der Waals surface area contributed by atoms with Gasteiger partial charge in [-0.3, -0.25) is 4.79 Å². The summed E-state index contributed by atoms with van der Waals surface area (Å²) in [6.45, 7) is 0.958. The molecule has 0 unspecified atom stereocenters. The standard InChI is InChI=1S/C14H14O3/c1-2-11-4-3-5-12(10-11)14(13(15)16)6-8-17-9-7-14/h1,3-5,10H,6-9H2,(H,15,16). The molecule has 1 aliphatic heterocycles. The molecule has 1 heterocycles. The summed E-state index contributed by atoms with van der Waals surface area (Å²) < 4.78 is 5.25. The summed E-state index contributed by atoms with van der Waals surface area (Å²) in [5, 5.41) is 9.50. The molecule has 0 spiro atoms. The molecule has 0 atom stereocenters. The van der Waals surface area contributed by atoms with Gasteiger partial charge in [0, 0.05) is 18.8 Å². The Kier molecular flexibility index (Phi) is 3.16. The van der Waals surface area contributed by atoms with Crippen LogP contribution in [0.3, 0.4) is 0 Å². The lowest BCUT2D eigenvalue weighted by atomic mass is 9.74. The smallest absolute Gasteiger partial charge is 0.314 e. The number of terminal acetylenes is 1. The van der Waals surface area contributed by atoms with Crippen LogP contribution in [0, 0.1) is 12.3 Å². The third-order valence-electron chi connectivity index (χ3n) is 3.34. The Morgan fingerprint density at radius 1 is 1.41 bits per heavy atom. The number of ether oxygens (including phenoxy) is 1. The second-order valence-corrected chi connectivity index (χ2v) is 4.22. The first-order chi connectivity index (χ1) is 8.19. The molecule has 1 aliphatic rings. The largest absolute Gasteiger partial charge is 0.481 e. The molecule has 1 aromatic carbocycles. The van der Waals surface area contributed by atoms with Crippen molar-refractivity contribution in [1.29, 1.82) is 0 Å². The maximum Gasteiger partial charge on any atom is 0.314 e. The second kappa shape index (κ2) is 4.60. The molecular weight excluding hydrogens is 216 g/mol. The maximum atomic E-state index is 11.6. The molecule has 0 amide bonds. The first-order valence-electron chi connectivity index (χ1n) is 5.57. The average Bonchev–Trinajstić information content (AvgIpc) is 2.39. The molecule has 2 rings (SSSR count). The van der Waals surface area contributed by atoms with E-state index in [1.165, 1.54) is 0 Å². The lowest BCUT2D eigenvalue weighted by Crippen LogP contribution is -2.41. The van der Waals surface area contributed by atoms with Crippen molar-refractivity contribution < 1.29 is 14.6 Å². The van der Waals surface area contributed by atoms with Crippen molar-refractivity contribution in [2.45, 2.75) is 18.3 Å². The molecule has 88 valence electrons. The highest BCUT2D eigenvalue weighted by Gasteiger charge is 2.41. The van der Waals surface area contributed by atoms with Crippen molar-refractivity contribution in [3.05, 3.63) is 35.4 Å². The third kappa shape index (κ3) is 2.04. The van der Waals surface area contributed by atoms with Gasteiger partial charge in [0.05, 0.1) is 5.41 Å². The van der Waals surface area contributed by atoms with Crippen molar-refractivity contribution in [2.24, 2.45) is 0 Å². The first kappa shape index (κ1) is 11.7. The molecule has 0 aromatic heterocycles. The van der Waals surface area contributed by atoms with E-state index in [9.17, 15) is 9.90 Å². The zero-order valence-corrected chi connectivity index (χ0v) is 9.48. The van der Waals surface area contributed by atoms with Crippen LogP contribution in [0.15, 0.2) is 24.3 Å². The van der Waals surface area contributed by atoms with Gasteiger partial charge in [-0.25, -0.2) is 0 Å². The summed E-state index contributed by atoms with van der Waals surface area (Å²) >= 11 is 0. The minimum atomic E-state index is -0.842. The van der Waals surface area contributed by atoms with Crippen molar-refractivity contribution in [1.82, 2.24) is 0 Å². The predicted octanol–water partition coefficient (Wildman–Crippen LogP) is 1.80. The van der Waals surface area contributed by atoms with Crippen molar-refractivity contribution >= 4 is 5.97 Å². The minimum Gasteiger partial charge on any atom is -0.481 e. The Bertz CT molecular complexity index is 465. The molecule has 1 aromatic rings. The van der Waals surface area contributed by atoms with Gasteiger partial charge >= 0.3 is 5.97 Å². The fraction of sp³-hybridized carbons (Fsp3) is 0.357. The van der Waals surface area contributed by atoms with Gasteiger partial charge in [0.1, 0.15) is 0 Å². The molecule has 1 fully saturated rings. The molecule has 0 aliphatic carbocycles. The van der Waals surface area contributed by atoms with Crippen LogP contribution in [-0.2, 0) is 14.9 Å². The zero-order valence-electron chi connectivity index (χ0n) is 9.48. The summed E-state index contributed by atoms with van der Waals surface area (Å²) in [6.07, 6.45) is 6.34. The number of aliphatic carboxylic acids is 1. The summed E-state index contributed by atoms with van der Waals surface area (Å²) in [5.41, 5.74) is 0.656. The Morgan fingerprint density at radius 3 is 2.71 bits per heavy atom. The van der Waals surface area contributed by atoms with E-state index in [4.69, 9.17) is 11.2 Å². The van der Waals surface area contributed by atoms with E-state index in [-0.39, 0.29) is 0 Å². The topological polar surface area (TPSA) is 46.5 Å². The lowest BCUT2D eigenvalue weighted by Gasteiger charge is -2.33. The Morgan fingerprint density at radius 2 is 2.12 bits per heavy atom. The fourth-order valence-electron chi connectivity index (χ4n) is 2.25. The molecular formula is C14H14O3. The van der Waals surface area contributed by atoms with E-state index in [1.54, 1.807) is 12.1 Å². The molecule has 0 bridgehead atoms. The number of carbonyl (C=O) groups is 1. The third-order valence-corrected chi connectivity index (χ3v) is 3.34. The molecule has 0 radical (unpaired) electrons. The van der Waals surface area contributed by atoms with E-state index in [0.717, 1.165) is 11.1 Å². The SMILES string of the molecule is C#Cc1cccc(C2(C(=O)O)CCOCC2)c1. The van der Waals surface area contributed by atoms with E-state index in [0.29, 0.717) is 26.1 Å². The number of benzene rings is 1. The minimum absolute atomic E-state index is 0.479. The number of rotatable bonds is 2. The van der Waals surface area contributed by atoms with Crippen LogP contribution in [-0.4, -0.2) is 24.3 Å². The average molecular weight is 230 g/mol.